The van der Waals surface area contributed by atoms with Crippen LogP contribution in [0, 0.1) is 0 Å². The van der Waals surface area contributed by atoms with Gasteiger partial charge in [0.1, 0.15) is 17.2 Å². The highest BCUT2D eigenvalue weighted by molar-refractivity contribution is 8.13. The largest absolute Gasteiger partial charge is 0.459 e. The van der Waals surface area contributed by atoms with Crippen LogP contribution in [-0.2, 0) is 25.1 Å². The highest BCUT2D eigenvalue weighted by Gasteiger charge is 2.20. The molecule has 0 aliphatic carbocycles. The molecule has 0 aromatic carbocycles. The highest BCUT2D eigenvalue weighted by atomic mass is 35.7. The molecule has 8 heteroatoms. The normalized spacial score (nSPS) is 11.6. The zero-order valence-corrected chi connectivity index (χ0v) is 13.7. The molecular weight excluding hydrogens is 318 g/mol. The molecule has 0 saturated heterocycles. The first-order chi connectivity index (χ1) is 9.90. The number of aryl methyl sites for hydroxylation is 1. The molecule has 1 heterocycles. The predicted molar refractivity (Wildman–Crippen MR) is 79.2 cm³/mol. The summed E-state index contributed by atoms with van der Waals surface area (Å²) in [6.07, 6.45) is 3.32. The highest BCUT2D eigenvalue weighted by Crippen LogP contribution is 2.19. The molecule has 0 amide bonds. The van der Waals surface area contributed by atoms with E-state index in [1.807, 2.05) is 0 Å². The number of halogens is 1. The number of ether oxygens (including phenoxy) is 2. The lowest BCUT2D eigenvalue weighted by molar-refractivity contribution is 0.0303. The second-order valence-corrected chi connectivity index (χ2v) is 6.95. The molecule has 0 bridgehead atoms. The smallest absolute Gasteiger partial charge is 0.355 e. The van der Waals surface area contributed by atoms with E-state index in [1.165, 1.54) is 16.8 Å². The zero-order chi connectivity index (χ0) is 15.9. The Hall–Kier alpha value is -1.05. The summed E-state index contributed by atoms with van der Waals surface area (Å²) >= 11 is 0. The number of hydrogen-bond donors (Lipinski definition) is 0. The van der Waals surface area contributed by atoms with Gasteiger partial charge in [0.25, 0.3) is 9.05 Å². The fraction of sp³-hybridized carbons (Fsp3) is 0.615. The van der Waals surface area contributed by atoms with Crippen LogP contribution in [0.2, 0.25) is 0 Å². The number of hydrogen-bond acceptors (Lipinski definition) is 5. The van der Waals surface area contributed by atoms with Crippen molar-refractivity contribution in [2.24, 2.45) is 0 Å². The fourth-order valence-electron chi connectivity index (χ4n) is 1.66. The van der Waals surface area contributed by atoms with Gasteiger partial charge in [-0.3, -0.25) is 0 Å². The van der Waals surface area contributed by atoms with Gasteiger partial charge >= 0.3 is 5.97 Å². The number of unbranched alkanes of at least 4 members (excludes halogenated alkanes) is 1. The summed E-state index contributed by atoms with van der Waals surface area (Å²) in [5, 5.41) is 0. The van der Waals surface area contributed by atoms with Crippen LogP contribution in [0.4, 0.5) is 0 Å². The molecule has 0 saturated carbocycles. The van der Waals surface area contributed by atoms with Crippen LogP contribution >= 0.6 is 10.7 Å². The Bertz CT molecular complexity index is 567. The van der Waals surface area contributed by atoms with Crippen LogP contribution in [0.5, 0.6) is 0 Å². The number of carbonyl (C=O) groups is 1. The van der Waals surface area contributed by atoms with Crippen LogP contribution in [0.25, 0.3) is 0 Å². The maximum Gasteiger partial charge on any atom is 0.355 e. The molecule has 0 spiro atoms. The molecule has 0 radical (unpaired) electrons. The lowest BCUT2D eigenvalue weighted by atomic mass is 10.4. The van der Waals surface area contributed by atoms with Gasteiger partial charge in [0.05, 0.1) is 6.61 Å². The van der Waals surface area contributed by atoms with Crippen molar-refractivity contribution in [1.82, 2.24) is 4.57 Å². The van der Waals surface area contributed by atoms with Gasteiger partial charge in [-0.25, -0.2) is 13.2 Å². The molecule has 120 valence electrons. The predicted octanol–water partition coefficient (Wildman–Crippen LogP) is 2.41. The molecule has 1 rings (SSSR count). The maximum absolute atomic E-state index is 11.9. The van der Waals surface area contributed by atoms with Crippen LogP contribution in [0.15, 0.2) is 17.2 Å². The first-order valence-electron chi connectivity index (χ1n) is 6.79. The topological polar surface area (TPSA) is 74.6 Å². The van der Waals surface area contributed by atoms with Crippen LogP contribution in [0.1, 0.15) is 37.2 Å². The number of aromatic nitrogens is 1. The molecular formula is C13H20ClNO5S. The van der Waals surface area contributed by atoms with Gasteiger partial charge in [-0.05, 0) is 19.4 Å². The van der Waals surface area contributed by atoms with Crippen molar-refractivity contribution < 1.29 is 22.7 Å². The summed E-state index contributed by atoms with van der Waals surface area (Å²) in [5.74, 6) is -0.595. The van der Waals surface area contributed by atoms with Crippen molar-refractivity contribution in [3.05, 3.63) is 18.0 Å². The van der Waals surface area contributed by atoms with Gasteiger partial charge in [0.2, 0.25) is 0 Å². The quantitative estimate of drug-likeness (QED) is 0.393. The standard InChI is InChI=1S/C13H20ClNO5S/c1-3-5-6-19-7-8-20-13(16)12-9-11(21(14,17)18)10-15(12)4-2/h9-10H,3-8H2,1-2H3. The lowest BCUT2D eigenvalue weighted by Gasteiger charge is -2.07. The van der Waals surface area contributed by atoms with Crippen molar-refractivity contribution in [2.75, 3.05) is 19.8 Å². The molecule has 0 aliphatic heterocycles. The Labute approximate surface area is 129 Å². The Balaban J connectivity index is 2.59. The van der Waals surface area contributed by atoms with Crippen molar-refractivity contribution in [1.29, 1.82) is 0 Å². The Morgan fingerprint density at radius 2 is 2.00 bits per heavy atom. The SMILES string of the molecule is CCCCOCCOC(=O)c1cc(S(=O)(=O)Cl)cn1CC. The van der Waals surface area contributed by atoms with E-state index in [0.29, 0.717) is 19.8 Å². The molecule has 1 aromatic rings. The minimum absolute atomic E-state index is 0.114. The van der Waals surface area contributed by atoms with Crippen LogP contribution in [0.3, 0.4) is 0 Å². The molecule has 0 unspecified atom stereocenters. The summed E-state index contributed by atoms with van der Waals surface area (Å²) in [4.78, 5) is 11.8. The lowest BCUT2D eigenvalue weighted by Crippen LogP contribution is -2.14. The molecule has 1 aromatic heterocycles. The van der Waals surface area contributed by atoms with E-state index in [1.54, 1.807) is 6.92 Å². The number of nitrogens with zero attached hydrogens (tertiary/aromatic N) is 1. The number of esters is 1. The Morgan fingerprint density at radius 1 is 1.29 bits per heavy atom. The maximum atomic E-state index is 11.9. The second kappa shape index (κ2) is 8.41. The van der Waals surface area contributed by atoms with E-state index in [-0.39, 0.29) is 17.2 Å². The van der Waals surface area contributed by atoms with Gasteiger partial charge in [-0.15, -0.1) is 0 Å². The van der Waals surface area contributed by atoms with Crippen LogP contribution in [-0.4, -0.2) is 38.8 Å². The van der Waals surface area contributed by atoms with E-state index in [2.05, 4.69) is 6.92 Å². The summed E-state index contributed by atoms with van der Waals surface area (Å²) in [6, 6.07) is 1.21. The van der Waals surface area contributed by atoms with E-state index in [0.717, 1.165) is 12.8 Å². The fourth-order valence-corrected chi connectivity index (χ4v) is 2.42. The first kappa shape index (κ1) is 18.0. The third kappa shape index (κ3) is 5.68. The van der Waals surface area contributed by atoms with E-state index >= 15 is 0 Å². The van der Waals surface area contributed by atoms with Crippen molar-refractivity contribution in [3.63, 3.8) is 0 Å². The third-order valence-electron chi connectivity index (χ3n) is 2.81. The van der Waals surface area contributed by atoms with Crippen molar-refractivity contribution >= 4 is 25.7 Å². The second-order valence-electron chi connectivity index (χ2n) is 4.39. The van der Waals surface area contributed by atoms with E-state index < -0.39 is 15.0 Å². The van der Waals surface area contributed by atoms with Gasteiger partial charge in [0.15, 0.2) is 0 Å². The van der Waals surface area contributed by atoms with Gasteiger partial charge in [-0.2, -0.15) is 0 Å². The molecule has 21 heavy (non-hydrogen) atoms. The van der Waals surface area contributed by atoms with Crippen LogP contribution < -0.4 is 0 Å². The molecule has 6 nitrogen and oxygen atoms in total. The number of carbonyl (C=O) groups excluding carboxylic acids is 1. The third-order valence-corrected chi connectivity index (χ3v) is 4.13. The average Bonchev–Trinajstić information content (AvgIpc) is 2.86. The first-order valence-corrected chi connectivity index (χ1v) is 9.10. The summed E-state index contributed by atoms with van der Waals surface area (Å²) in [5.41, 5.74) is 0.158. The van der Waals surface area contributed by atoms with E-state index in [9.17, 15) is 13.2 Å². The Morgan fingerprint density at radius 3 is 2.57 bits per heavy atom. The van der Waals surface area contributed by atoms with Gasteiger partial charge in [-0.1, -0.05) is 13.3 Å². The van der Waals surface area contributed by atoms with Crippen molar-refractivity contribution in [3.8, 4) is 0 Å². The van der Waals surface area contributed by atoms with Gasteiger partial charge < -0.3 is 14.0 Å². The zero-order valence-electron chi connectivity index (χ0n) is 12.2. The van der Waals surface area contributed by atoms with E-state index in [4.69, 9.17) is 20.2 Å². The van der Waals surface area contributed by atoms with Gasteiger partial charge in [0, 0.05) is 30.0 Å². The molecule has 0 atom stereocenters. The summed E-state index contributed by atoms with van der Waals surface area (Å²) < 4.78 is 34.4. The molecule has 0 aliphatic rings. The van der Waals surface area contributed by atoms with Crippen molar-refractivity contribution in [2.45, 2.75) is 38.1 Å². The summed E-state index contributed by atoms with van der Waals surface area (Å²) in [6.45, 7) is 5.36. The Kier molecular flexibility index (Phi) is 7.21. The minimum atomic E-state index is -3.86. The molecule has 0 N–H and O–H groups in total. The monoisotopic (exact) mass is 337 g/mol. The molecule has 0 fully saturated rings. The summed E-state index contributed by atoms with van der Waals surface area (Å²) in [7, 11) is 1.40. The number of rotatable bonds is 9. The average molecular weight is 338 g/mol. The minimum Gasteiger partial charge on any atom is -0.459 e.